The van der Waals surface area contributed by atoms with Crippen molar-refractivity contribution in [1.29, 1.82) is 0 Å². The highest BCUT2D eigenvalue weighted by molar-refractivity contribution is 5.31. The molecule has 1 N–H and O–H groups in total. The van der Waals surface area contributed by atoms with Crippen molar-refractivity contribution in [2.24, 2.45) is 7.05 Å². The van der Waals surface area contributed by atoms with Gasteiger partial charge in [0.25, 0.3) is 0 Å². The standard InChI is InChI=1S/C15H19F2N3O/c1-9(11-5-6-13(16)14(17)7-11)18-8-12-10(2)19-20(3)15(12)21-4/h5-7,9,18H,8H2,1-4H3. The van der Waals surface area contributed by atoms with Crippen LogP contribution >= 0.6 is 0 Å². The van der Waals surface area contributed by atoms with Crippen molar-refractivity contribution in [2.75, 3.05) is 7.11 Å². The first kappa shape index (κ1) is 15.4. The van der Waals surface area contributed by atoms with Gasteiger partial charge >= 0.3 is 0 Å². The Balaban J connectivity index is 2.10. The molecule has 0 bridgehead atoms. The minimum absolute atomic E-state index is 0.121. The fourth-order valence-electron chi connectivity index (χ4n) is 2.29. The van der Waals surface area contributed by atoms with Crippen LogP contribution in [0.15, 0.2) is 18.2 Å². The predicted octanol–water partition coefficient (Wildman–Crippen LogP) is 2.87. The SMILES string of the molecule is COc1c(CNC(C)c2ccc(F)c(F)c2)c(C)nn1C. The van der Waals surface area contributed by atoms with Crippen LogP contribution in [-0.4, -0.2) is 16.9 Å². The number of aryl methyl sites for hydroxylation is 2. The Morgan fingerprint density at radius 1 is 1.33 bits per heavy atom. The van der Waals surface area contributed by atoms with Gasteiger partial charge in [0.1, 0.15) is 0 Å². The summed E-state index contributed by atoms with van der Waals surface area (Å²) in [7, 11) is 3.41. The summed E-state index contributed by atoms with van der Waals surface area (Å²) in [5.41, 5.74) is 2.52. The molecule has 1 aromatic carbocycles. The second-order valence-corrected chi connectivity index (χ2v) is 4.97. The third kappa shape index (κ3) is 3.21. The highest BCUT2D eigenvalue weighted by Crippen LogP contribution is 2.22. The van der Waals surface area contributed by atoms with Gasteiger partial charge in [0, 0.05) is 19.6 Å². The van der Waals surface area contributed by atoms with E-state index in [1.54, 1.807) is 17.9 Å². The molecular weight excluding hydrogens is 276 g/mol. The summed E-state index contributed by atoms with van der Waals surface area (Å²) in [6, 6.07) is 3.80. The average molecular weight is 295 g/mol. The molecule has 1 atom stereocenters. The minimum atomic E-state index is -0.837. The second kappa shape index (κ2) is 6.22. The van der Waals surface area contributed by atoms with Gasteiger partial charge in [0.2, 0.25) is 5.88 Å². The Morgan fingerprint density at radius 2 is 2.05 bits per heavy atom. The molecule has 1 unspecified atom stereocenters. The van der Waals surface area contributed by atoms with Gasteiger partial charge in [-0.15, -0.1) is 0 Å². The van der Waals surface area contributed by atoms with E-state index in [0.717, 1.165) is 17.3 Å². The molecule has 2 aromatic rings. The van der Waals surface area contributed by atoms with Crippen LogP contribution in [0.2, 0.25) is 0 Å². The quantitative estimate of drug-likeness (QED) is 0.922. The molecule has 0 aliphatic carbocycles. The number of ether oxygens (including phenoxy) is 1. The lowest BCUT2D eigenvalue weighted by Gasteiger charge is -2.15. The van der Waals surface area contributed by atoms with E-state index >= 15 is 0 Å². The zero-order chi connectivity index (χ0) is 15.6. The largest absolute Gasteiger partial charge is 0.481 e. The summed E-state index contributed by atoms with van der Waals surface area (Å²) in [5.74, 6) is -0.982. The zero-order valence-corrected chi connectivity index (χ0v) is 12.6. The number of nitrogens with one attached hydrogen (secondary N) is 1. The third-order valence-electron chi connectivity index (χ3n) is 3.51. The topological polar surface area (TPSA) is 39.1 Å². The van der Waals surface area contributed by atoms with Gasteiger partial charge in [-0.1, -0.05) is 6.07 Å². The molecule has 4 nitrogen and oxygen atoms in total. The molecule has 0 saturated carbocycles. The summed E-state index contributed by atoms with van der Waals surface area (Å²) >= 11 is 0. The van der Waals surface area contributed by atoms with Crippen LogP contribution in [0.5, 0.6) is 5.88 Å². The number of rotatable bonds is 5. The molecule has 2 rings (SSSR count). The van der Waals surface area contributed by atoms with Gasteiger partial charge in [-0.25, -0.2) is 13.5 Å². The number of hydrogen-bond donors (Lipinski definition) is 1. The first-order valence-corrected chi connectivity index (χ1v) is 6.68. The Labute approximate surface area is 122 Å². The maximum absolute atomic E-state index is 13.3. The van der Waals surface area contributed by atoms with Crippen molar-refractivity contribution in [1.82, 2.24) is 15.1 Å². The van der Waals surface area contributed by atoms with E-state index in [9.17, 15) is 8.78 Å². The van der Waals surface area contributed by atoms with Crippen LogP contribution in [0, 0.1) is 18.6 Å². The Bertz CT molecular complexity index is 640. The van der Waals surface area contributed by atoms with Gasteiger partial charge in [-0.3, -0.25) is 0 Å². The van der Waals surface area contributed by atoms with E-state index in [4.69, 9.17) is 4.74 Å². The number of benzene rings is 1. The fraction of sp³-hybridized carbons (Fsp3) is 0.400. The smallest absolute Gasteiger partial charge is 0.216 e. The number of methoxy groups -OCH3 is 1. The maximum Gasteiger partial charge on any atom is 0.216 e. The summed E-state index contributed by atoms with van der Waals surface area (Å²) in [6.07, 6.45) is 0. The van der Waals surface area contributed by atoms with Crippen LogP contribution in [0.1, 0.15) is 29.8 Å². The van der Waals surface area contributed by atoms with Crippen molar-refractivity contribution in [2.45, 2.75) is 26.4 Å². The van der Waals surface area contributed by atoms with Crippen LogP contribution in [0.4, 0.5) is 8.78 Å². The number of aromatic nitrogens is 2. The Kier molecular flexibility index (Phi) is 4.57. The van der Waals surface area contributed by atoms with Crippen molar-refractivity contribution in [3.8, 4) is 5.88 Å². The van der Waals surface area contributed by atoms with Gasteiger partial charge in [0.05, 0.1) is 18.4 Å². The van der Waals surface area contributed by atoms with Gasteiger partial charge in [0.15, 0.2) is 11.6 Å². The zero-order valence-electron chi connectivity index (χ0n) is 12.6. The lowest BCUT2D eigenvalue weighted by atomic mass is 10.1. The van der Waals surface area contributed by atoms with Crippen molar-refractivity contribution in [3.63, 3.8) is 0 Å². The highest BCUT2D eigenvalue weighted by atomic mass is 19.2. The highest BCUT2D eigenvalue weighted by Gasteiger charge is 2.15. The Morgan fingerprint density at radius 3 is 2.67 bits per heavy atom. The van der Waals surface area contributed by atoms with Gasteiger partial charge < -0.3 is 10.1 Å². The molecule has 0 spiro atoms. The molecule has 0 aliphatic heterocycles. The van der Waals surface area contributed by atoms with E-state index < -0.39 is 11.6 Å². The molecule has 0 amide bonds. The minimum Gasteiger partial charge on any atom is -0.481 e. The van der Waals surface area contributed by atoms with E-state index in [0.29, 0.717) is 18.0 Å². The van der Waals surface area contributed by atoms with Gasteiger partial charge in [-0.2, -0.15) is 5.10 Å². The fourth-order valence-corrected chi connectivity index (χ4v) is 2.29. The first-order chi connectivity index (χ1) is 9.93. The molecular formula is C15H19F2N3O. The summed E-state index contributed by atoms with van der Waals surface area (Å²) < 4.78 is 33.2. The molecule has 6 heteroatoms. The first-order valence-electron chi connectivity index (χ1n) is 6.68. The van der Waals surface area contributed by atoms with Crippen LogP contribution in [0.3, 0.4) is 0 Å². The van der Waals surface area contributed by atoms with E-state index in [-0.39, 0.29) is 6.04 Å². The van der Waals surface area contributed by atoms with Crippen LogP contribution in [0.25, 0.3) is 0 Å². The van der Waals surface area contributed by atoms with Crippen LogP contribution < -0.4 is 10.1 Å². The normalized spacial score (nSPS) is 12.5. The molecule has 0 fully saturated rings. The van der Waals surface area contributed by atoms with Gasteiger partial charge in [-0.05, 0) is 31.5 Å². The van der Waals surface area contributed by atoms with E-state index in [1.165, 1.54) is 6.07 Å². The predicted molar refractivity (Wildman–Crippen MR) is 76.1 cm³/mol. The van der Waals surface area contributed by atoms with Crippen molar-refractivity contribution >= 4 is 0 Å². The molecule has 0 aliphatic rings. The number of halogens is 2. The molecule has 114 valence electrons. The van der Waals surface area contributed by atoms with E-state index in [1.807, 2.05) is 20.9 Å². The average Bonchev–Trinajstić information content (AvgIpc) is 2.72. The molecule has 1 heterocycles. The molecule has 21 heavy (non-hydrogen) atoms. The summed E-state index contributed by atoms with van der Waals surface area (Å²) in [4.78, 5) is 0. The lowest BCUT2D eigenvalue weighted by molar-refractivity contribution is 0.367. The Hall–Kier alpha value is -1.95. The molecule has 1 aromatic heterocycles. The lowest BCUT2D eigenvalue weighted by Crippen LogP contribution is -2.19. The maximum atomic E-state index is 13.3. The van der Waals surface area contributed by atoms with E-state index in [2.05, 4.69) is 10.4 Å². The third-order valence-corrected chi connectivity index (χ3v) is 3.51. The molecule has 0 radical (unpaired) electrons. The van der Waals surface area contributed by atoms with Crippen molar-refractivity contribution < 1.29 is 13.5 Å². The summed E-state index contributed by atoms with van der Waals surface area (Å²) in [6.45, 7) is 4.33. The summed E-state index contributed by atoms with van der Waals surface area (Å²) in [5, 5.41) is 7.57. The number of hydrogen-bond acceptors (Lipinski definition) is 3. The van der Waals surface area contributed by atoms with Crippen molar-refractivity contribution in [3.05, 3.63) is 46.7 Å². The monoisotopic (exact) mass is 295 g/mol. The van der Waals surface area contributed by atoms with Crippen LogP contribution in [-0.2, 0) is 13.6 Å². The number of nitrogens with zero attached hydrogens (tertiary/aromatic N) is 2. The second-order valence-electron chi connectivity index (χ2n) is 4.97. The molecule has 0 saturated heterocycles.